The van der Waals surface area contributed by atoms with E-state index in [0.29, 0.717) is 0 Å². The molecule has 21 heavy (non-hydrogen) atoms. The first-order valence-corrected chi connectivity index (χ1v) is 7.82. The molecule has 0 aromatic rings. The Hall–Kier alpha value is -0.720. The Morgan fingerprint density at radius 2 is 1.19 bits per heavy atom. The normalized spacial score (nSPS) is 24.4. The lowest BCUT2D eigenvalue weighted by Gasteiger charge is -2.33. The highest BCUT2D eigenvalue weighted by molar-refractivity contribution is 4.90. The van der Waals surface area contributed by atoms with Gasteiger partial charge in [-0.2, -0.15) is 0 Å². The molecular formula is C16H28N2O3. The third kappa shape index (κ3) is 5.88. The number of nitrogens with zero attached hydrogens (tertiary/aromatic N) is 2. The monoisotopic (exact) mass is 296 g/mol. The Kier molecular flexibility index (Phi) is 7.39. The van der Waals surface area contributed by atoms with Crippen molar-refractivity contribution in [1.29, 1.82) is 0 Å². The quantitative estimate of drug-likeness (QED) is 0.618. The molecule has 2 aliphatic rings. The summed E-state index contributed by atoms with van der Waals surface area (Å²) in [6, 6.07) is 0. The second-order valence-electron chi connectivity index (χ2n) is 5.51. The second kappa shape index (κ2) is 9.33. The zero-order chi connectivity index (χ0) is 14.9. The Morgan fingerprint density at radius 3 is 1.52 bits per heavy atom. The number of ether oxygens (including phenoxy) is 3. The molecule has 0 aliphatic carbocycles. The summed E-state index contributed by atoms with van der Waals surface area (Å²) >= 11 is 0. The summed E-state index contributed by atoms with van der Waals surface area (Å²) in [5.74, 6) is 0. The largest absolute Gasteiger partial charge is 0.379 e. The first-order valence-electron chi connectivity index (χ1n) is 7.82. The maximum Gasteiger partial charge on any atom is 0.0888 e. The fourth-order valence-electron chi connectivity index (χ4n) is 2.65. The minimum absolute atomic E-state index is 0.0344. The SMILES string of the molecule is C=CC(CN1CCOCC1)OC(C=C)CN1CCOCC1. The van der Waals surface area contributed by atoms with Gasteiger partial charge in [0, 0.05) is 39.3 Å². The van der Waals surface area contributed by atoms with E-state index in [4.69, 9.17) is 14.2 Å². The molecule has 2 unspecified atom stereocenters. The standard InChI is InChI=1S/C16H28N2O3/c1-3-15(13-17-5-9-19-10-6-17)21-16(4-2)14-18-7-11-20-12-8-18/h3-4,15-16H,1-2,5-14H2. The van der Waals surface area contributed by atoms with Gasteiger partial charge >= 0.3 is 0 Å². The van der Waals surface area contributed by atoms with Gasteiger partial charge in [-0.25, -0.2) is 0 Å². The minimum atomic E-state index is 0.0344. The summed E-state index contributed by atoms with van der Waals surface area (Å²) in [6.07, 6.45) is 3.86. The van der Waals surface area contributed by atoms with Gasteiger partial charge in [-0.15, -0.1) is 13.2 Å². The average molecular weight is 296 g/mol. The topological polar surface area (TPSA) is 34.2 Å². The van der Waals surface area contributed by atoms with Crippen molar-refractivity contribution >= 4 is 0 Å². The van der Waals surface area contributed by atoms with Gasteiger partial charge in [-0.05, 0) is 0 Å². The van der Waals surface area contributed by atoms with E-state index in [9.17, 15) is 0 Å². The molecule has 5 heteroatoms. The molecule has 120 valence electrons. The summed E-state index contributed by atoms with van der Waals surface area (Å²) in [5, 5.41) is 0. The molecule has 0 radical (unpaired) electrons. The van der Waals surface area contributed by atoms with Crippen molar-refractivity contribution in [2.24, 2.45) is 0 Å². The molecule has 0 N–H and O–H groups in total. The van der Waals surface area contributed by atoms with Gasteiger partial charge < -0.3 is 14.2 Å². The van der Waals surface area contributed by atoms with Crippen molar-refractivity contribution in [3.8, 4) is 0 Å². The number of hydrogen-bond acceptors (Lipinski definition) is 5. The molecule has 2 fully saturated rings. The van der Waals surface area contributed by atoms with Gasteiger partial charge in [-0.1, -0.05) is 12.2 Å². The lowest BCUT2D eigenvalue weighted by atomic mass is 10.2. The second-order valence-corrected chi connectivity index (χ2v) is 5.51. The van der Waals surface area contributed by atoms with Crippen LogP contribution in [-0.2, 0) is 14.2 Å². The van der Waals surface area contributed by atoms with Crippen LogP contribution in [0.2, 0.25) is 0 Å². The van der Waals surface area contributed by atoms with Crippen LogP contribution in [0.15, 0.2) is 25.3 Å². The number of hydrogen-bond donors (Lipinski definition) is 0. The number of morpholine rings is 2. The van der Waals surface area contributed by atoms with Crippen molar-refractivity contribution in [2.45, 2.75) is 12.2 Å². The molecule has 2 atom stereocenters. The van der Waals surface area contributed by atoms with Crippen LogP contribution in [-0.4, -0.2) is 87.7 Å². The molecule has 2 saturated heterocycles. The van der Waals surface area contributed by atoms with Crippen molar-refractivity contribution < 1.29 is 14.2 Å². The van der Waals surface area contributed by atoms with E-state index in [-0.39, 0.29) is 12.2 Å². The van der Waals surface area contributed by atoms with Gasteiger partial charge in [0.15, 0.2) is 0 Å². The van der Waals surface area contributed by atoms with Crippen molar-refractivity contribution in [1.82, 2.24) is 9.80 Å². The predicted molar refractivity (Wildman–Crippen MR) is 83.6 cm³/mol. The Labute approximate surface area is 128 Å². The third-order valence-corrected chi connectivity index (χ3v) is 3.96. The smallest absolute Gasteiger partial charge is 0.0888 e. The lowest BCUT2D eigenvalue weighted by Crippen LogP contribution is -2.44. The van der Waals surface area contributed by atoms with Gasteiger partial charge in [0.25, 0.3) is 0 Å². The molecule has 0 bridgehead atoms. The summed E-state index contributed by atoms with van der Waals surface area (Å²) in [5.41, 5.74) is 0. The fourth-order valence-corrected chi connectivity index (χ4v) is 2.65. The van der Waals surface area contributed by atoms with E-state index in [0.717, 1.165) is 65.7 Å². The van der Waals surface area contributed by atoms with Crippen LogP contribution < -0.4 is 0 Å². The van der Waals surface area contributed by atoms with Gasteiger partial charge in [-0.3, -0.25) is 9.80 Å². The maximum absolute atomic E-state index is 6.15. The molecule has 0 aromatic carbocycles. The lowest BCUT2D eigenvalue weighted by molar-refractivity contribution is -0.0329. The molecule has 0 amide bonds. The highest BCUT2D eigenvalue weighted by Crippen LogP contribution is 2.09. The van der Waals surface area contributed by atoms with Crippen LogP contribution in [0, 0.1) is 0 Å². The summed E-state index contributed by atoms with van der Waals surface area (Å²) in [6.45, 7) is 16.7. The Balaban J connectivity index is 1.76. The van der Waals surface area contributed by atoms with E-state index in [1.54, 1.807) is 0 Å². The Morgan fingerprint density at radius 1 is 0.810 bits per heavy atom. The van der Waals surface area contributed by atoms with Gasteiger partial charge in [0.2, 0.25) is 0 Å². The molecule has 2 heterocycles. The number of rotatable bonds is 8. The van der Waals surface area contributed by atoms with E-state index in [1.807, 2.05) is 12.2 Å². The van der Waals surface area contributed by atoms with Crippen LogP contribution in [0.5, 0.6) is 0 Å². The molecule has 0 spiro atoms. The highest BCUT2D eigenvalue weighted by atomic mass is 16.5. The summed E-state index contributed by atoms with van der Waals surface area (Å²) in [4.78, 5) is 4.73. The van der Waals surface area contributed by atoms with Crippen molar-refractivity contribution in [2.75, 3.05) is 65.7 Å². The average Bonchev–Trinajstić information content (AvgIpc) is 2.55. The zero-order valence-electron chi connectivity index (χ0n) is 12.9. The van der Waals surface area contributed by atoms with E-state index >= 15 is 0 Å². The van der Waals surface area contributed by atoms with Gasteiger partial charge in [0.05, 0.1) is 38.6 Å². The first-order chi connectivity index (χ1) is 10.3. The van der Waals surface area contributed by atoms with E-state index in [2.05, 4.69) is 23.0 Å². The van der Waals surface area contributed by atoms with Crippen LogP contribution in [0.1, 0.15) is 0 Å². The van der Waals surface area contributed by atoms with E-state index < -0.39 is 0 Å². The van der Waals surface area contributed by atoms with Crippen molar-refractivity contribution in [3.05, 3.63) is 25.3 Å². The van der Waals surface area contributed by atoms with E-state index in [1.165, 1.54) is 0 Å². The minimum Gasteiger partial charge on any atom is -0.379 e. The molecule has 2 aliphatic heterocycles. The van der Waals surface area contributed by atoms with Crippen LogP contribution >= 0.6 is 0 Å². The van der Waals surface area contributed by atoms with Crippen molar-refractivity contribution in [3.63, 3.8) is 0 Å². The fraction of sp³-hybridized carbons (Fsp3) is 0.750. The molecule has 2 rings (SSSR count). The molecule has 0 saturated carbocycles. The van der Waals surface area contributed by atoms with Crippen LogP contribution in [0.3, 0.4) is 0 Å². The highest BCUT2D eigenvalue weighted by Gasteiger charge is 2.20. The molecule has 0 aromatic heterocycles. The van der Waals surface area contributed by atoms with Crippen LogP contribution in [0.25, 0.3) is 0 Å². The molecular weight excluding hydrogens is 268 g/mol. The third-order valence-electron chi connectivity index (χ3n) is 3.96. The van der Waals surface area contributed by atoms with Crippen LogP contribution in [0.4, 0.5) is 0 Å². The summed E-state index contributed by atoms with van der Waals surface area (Å²) < 4.78 is 16.9. The van der Waals surface area contributed by atoms with Gasteiger partial charge in [0.1, 0.15) is 0 Å². The Bertz CT molecular complexity index is 283. The summed E-state index contributed by atoms with van der Waals surface area (Å²) in [7, 11) is 0. The maximum atomic E-state index is 6.15. The first kappa shape index (κ1) is 16.6. The predicted octanol–water partition coefficient (Wildman–Crippen LogP) is 0.777. The zero-order valence-corrected chi connectivity index (χ0v) is 12.9. The molecule has 5 nitrogen and oxygen atoms in total.